The van der Waals surface area contributed by atoms with Gasteiger partial charge in [0.05, 0.1) is 30.7 Å². The highest BCUT2D eigenvalue weighted by Crippen LogP contribution is 2.53. The van der Waals surface area contributed by atoms with Crippen molar-refractivity contribution >= 4 is 5.97 Å². The smallest absolute Gasteiger partial charge is 0.338 e. The highest BCUT2D eigenvalue weighted by molar-refractivity contribution is 5.90. The van der Waals surface area contributed by atoms with E-state index in [1.165, 1.54) is 11.3 Å². The third-order valence-electron chi connectivity index (χ3n) is 9.67. The third-order valence-corrected chi connectivity index (χ3v) is 9.67. The molecular formula is C39H38N2O4. The van der Waals surface area contributed by atoms with E-state index in [0.717, 1.165) is 70.6 Å². The Hall–Kier alpha value is -4.68. The zero-order valence-corrected chi connectivity index (χ0v) is 25.8. The van der Waals surface area contributed by atoms with E-state index >= 15 is 0 Å². The first-order chi connectivity index (χ1) is 22.1. The Labute approximate surface area is 264 Å². The molecule has 1 heterocycles. The molecule has 2 aliphatic rings. The molecular weight excluding hydrogens is 560 g/mol. The van der Waals surface area contributed by atoms with Gasteiger partial charge in [-0.1, -0.05) is 60.7 Å². The zero-order valence-electron chi connectivity index (χ0n) is 25.8. The molecule has 1 aromatic heterocycles. The Morgan fingerprint density at radius 2 is 1.31 bits per heavy atom. The van der Waals surface area contributed by atoms with Crippen LogP contribution in [0.3, 0.4) is 0 Å². The van der Waals surface area contributed by atoms with Crippen LogP contribution in [0.15, 0.2) is 97.1 Å². The summed E-state index contributed by atoms with van der Waals surface area (Å²) in [5.74, 6) is 2.21. The van der Waals surface area contributed by atoms with Gasteiger partial charge in [0.25, 0.3) is 0 Å². The molecule has 228 valence electrons. The van der Waals surface area contributed by atoms with Crippen LogP contribution in [0.2, 0.25) is 0 Å². The quantitative estimate of drug-likeness (QED) is 0.185. The van der Waals surface area contributed by atoms with Crippen LogP contribution in [0, 0.1) is 17.8 Å². The molecule has 0 spiro atoms. The van der Waals surface area contributed by atoms with Gasteiger partial charge < -0.3 is 14.6 Å². The monoisotopic (exact) mass is 598 g/mol. The highest BCUT2D eigenvalue weighted by Gasteiger charge is 2.49. The van der Waals surface area contributed by atoms with Crippen LogP contribution in [-0.2, 0) is 17.6 Å². The summed E-state index contributed by atoms with van der Waals surface area (Å²) < 4.78 is 12.6. The molecule has 0 amide bonds. The molecule has 4 aromatic carbocycles. The summed E-state index contributed by atoms with van der Waals surface area (Å²) in [5.41, 5.74) is 10.8. The Bertz CT molecular complexity index is 1790. The number of hydrogen-bond acceptors (Lipinski definition) is 5. The van der Waals surface area contributed by atoms with Crippen LogP contribution in [0.5, 0.6) is 5.75 Å². The van der Waals surface area contributed by atoms with Gasteiger partial charge in [-0.25, -0.2) is 9.48 Å². The van der Waals surface area contributed by atoms with Crippen molar-refractivity contribution in [3.8, 4) is 44.9 Å². The molecule has 7 rings (SSSR count). The molecule has 0 saturated heterocycles. The molecule has 6 nitrogen and oxygen atoms in total. The summed E-state index contributed by atoms with van der Waals surface area (Å²) in [6, 6.07) is 32.9. The Morgan fingerprint density at radius 3 is 1.89 bits per heavy atom. The van der Waals surface area contributed by atoms with E-state index in [2.05, 4.69) is 65.3 Å². The second-order valence-electron chi connectivity index (χ2n) is 12.1. The molecule has 1 N–H and O–H groups in total. The number of hydrogen-bond donors (Lipinski definition) is 1. The Kier molecular flexibility index (Phi) is 7.99. The minimum atomic E-state index is -0.301. The highest BCUT2D eigenvalue weighted by atomic mass is 16.5. The molecule has 45 heavy (non-hydrogen) atoms. The first kappa shape index (κ1) is 29.1. The Balaban J connectivity index is 1.21. The third kappa shape index (κ3) is 5.67. The lowest BCUT2D eigenvalue weighted by Crippen LogP contribution is -2.07. The summed E-state index contributed by atoms with van der Waals surface area (Å²) in [7, 11) is 1.68. The maximum Gasteiger partial charge on any atom is 0.338 e. The largest absolute Gasteiger partial charge is 0.497 e. The van der Waals surface area contributed by atoms with E-state index in [1.807, 2.05) is 43.3 Å². The van der Waals surface area contributed by atoms with Crippen LogP contribution in [0.25, 0.3) is 39.2 Å². The average Bonchev–Trinajstić information content (AvgIpc) is 3.63. The molecule has 5 aromatic rings. The van der Waals surface area contributed by atoms with Crippen LogP contribution < -0.4 is 4.74 Å². The fourth-order valence-electron chi connectivity index (χ4n) is 7.13. The first-order valence-corrected chi connectivity index (χ1v) is 15.9. The number of ether oxygens (including phenoxy) is 2. The van der Waals surface area contributed by atoms with Crippen molar-refractivity contribution in [3.05, 3.63) is 114 Å². The fraction of sp³-hybridized carbons (Fsp3) is 0.282. The molecule has 0 radical (unpaired) electrons. The van der Waals surface area contributed by atoms with Gasteiger partial charge in [-0.2, -0.15) is 5.10 Å². The van der Waals surface area contributed by atoms with Crippen molar-refractivity contribution < 1.29 is 19.4 Å². The van der Waals surface area contributed by atoms with Gasteiger partial charge in [0.15, 0.2) is 0 Å². The number of rotatable bonds is 8. The number of carbonyl (C=O) groups is 1. The molecule has 0 aliphatic heterocycles. The van der Waals surface area contributed by atoms with E-state index < -0.39 is 0 Å². The summed E-state index contributed by atoms with van der Waals surface area (Å²) >= 11 is 0. The summed E-state index contributed by atoms with van der Waals surface area (Å²) in [6.45, 7) is 2.46. The second-order valence-corrected chi connectivity index (χ2v) is 12.1. The van der Waals surface area contributed by atoms with E-state index in [9.17, 15) is 9.90 Å². The summed E-state index contributed by atoms with van der Waals surface area (Å²) in [5, 5.41) is 15.2. The van der Waals surface area contributed by atoms with Gasteiger partial charge in [0, 0.05) is 23.4 Å². The zero-order chi connectivity index (χ0) is 30.9. The van der Waals surface area contributed by atoms with Crippen molar-refractivity contribution in [1.82, 2.24) is 9.78 Å². The van der Waals surface area contributed by atoms with Crippen LogP contribution >= 0.6 is 0 Å². The SMILES string of the molecule is CCOC(=O)c1ccc(-c2ccc(-c3nn(-c4ccc(-c5ccc(OC)cc5)cc4)c4c3CC[C@@H]3[C@H](CO)[C@@H]3CC4)cc2)cc1. The number of aliphatic hydroxyl groups excluding tert-OH is 1. The van der Waals surface area contributed by atoms with Crippen molar-refractivity contribution in [3.63, 3.8) is 0 Å². The molecule has 0 bridgehead atoms. The molecule has 0 unspecified atom stereocenters. The standard InChI is InChI=1S/C39H38N2O4/c1-3-45-39(43)30-10-6-26(7-11-30)25-4-8-29(9-5-25)38-35-21-20-33-34(36(33)24-42)22-23-37(35)41(40-38)31-16-12-27(13-17-31)28-14-18-32(44-2)19-15-28/h4-19,33-34,36,42H,3,20-24H2,1-2H3/t33-,34+,36-/m0/s1. The van der Waals surface area contributed by atoms with E-state index in [0.29, 0.717) is 36.5 Å². The van der Waals surface area contributed by atoms with Crippen molar-refractivity contribution in [2.24, 2.45) is 17.8 Å². The maximum absolute atomic E-state index is 12.1. The fourth-order valence-corrected chi connectivity index (χ4v) is 7.13. The predicted octanol–water partition coefficient (Wildman–Crippen LogP) is 7.79. The van der Waals surface area contributed by atoms with Gasteiger partial charge in [-0.15, -0.1) is 0 Å². The van der Waals surface area contributed by atoms with Crippen molar-refractivity contribution in [2.75, 3.05) is 20.3 Å². The van der Waals surface area contributed by atoms with Gasteiger partial charge >= 0.3 is 5.97 Å². The number of esters is 1. The lowest BCUT2D eigenvalue weighted by molar-refractivity contribution is 0.0526. The molecule has 3 atom stereocenters. The second kappa shape index (κ2) is 12.4. The van der Waals surface area contributed by atoms with Gasteiger partial charge in [-0.3, -0.25) is 0 Å². The average molecular weight is 599 g/mol. The number of fused-ring (bicyclic) bond motifs is 2. The first-order valence-electron chi connectivity index (χ1n) is 15.9. The van der Waals surface area contributed by atoms with Crippen molar-refractivity contribution in [2.45, 2.75) is 32.6 Å². The lowest BCUT2D eigenvalue weighted by atomic mass is 9.94. The number of benzene rings is 4. The predicted molar refractivity (Wildman–Crippen MR) is 177 cm³/mol. The molecule has 6 heteroatoms. The summed E-state index contributed by atoms with van der Waals surface area (Å²) in [6.07, 6.45) is 4.08. The molecule has 1 saturated carbocycles. The number of aromatic nitrogens is 2. The number of aliphatic hydroxyl groups is 1. The number of methoxy groups -OCH3 is 1. The van der Waals surface area contributed by atoms with Crippen LogP contribution in [0.1, 0.15) is 41.4 Å². The van der Waals surface area contributed by atoms with Gasteiger partial charge in [-0.05, 0) is 109 Å². The normalized spacial score (nSPS) is 18.7. The number of nitrogens with zero attached hydrogens (tertiary/aromatic N) is 2. The maximum atomic E-state index is 12.1. The molecule has 2 aliphatic carbocycles. The van der Waals surface area contributed by atoms with Crippen molar-refractivity contribution in [1.29, 1.82) is 0 Å². The van der Waals surface area contributed by atoms with E-state index in [-0.39, 0.29) is 5.97 Å². The summed E-state index contributed by atoms with van der Waals surface area (Å²) in [4.78, 5) is 12.1. The van der Waals surface area contributed by atoms with Crippen LogP contribution in [-0.4, -0.2) is 41.2 Å². The Morgan fingerprint density at radius 1 is 0.778 bits per heavy atom. The minimum Gasteiger partial charge on any atom is -0.497 e. The van der Waals surface area contributed by atoms with Gasteiger partial charge in [0.1, 0.15) is 5.75 Å². The van der Waals surface area contributed by atoms with Crippen LogP contribution in [0.4, 0.5) is 0 Å². The molecule has 1 fully saturated rings. The van der Waals surface area contributed by atoms with Gasteiger partial charge in [0.2, 0.25) is 0 Å². The topological polar surface area (TPSA) is 73.6 Å². The van der Waals surface area contributed by atoms with E-state index in [4.69, 9.17) is 14.6 Å². The minimum absolute atomic E-state index is 0.291. The number of carbonyl (C=O) groups excluding carboxylic acids is 1. The lowest BCUT2D eigenvalue weighted by Gasteiger charge is -2.13. The van der Waals surface area contributed by atoms with E-state index in [1.54, 1.807) is 7.11 Å².